The summed E-state index contributed by atoms with van der Waals surface area (Å²) in [5.74, 6) is 0.967. The number of benzene rings is 2. The van der Waals surface area contributed by atoms with Gasteiger partial charge in [-0.2, -0.15) is 9.97 Å². The average molecular weight is 933 g/mol. The van der Waals surface area contributed by atoms with Crippen molar-refractivity contribution in [2.45, 2.75) is 99.8 Å². The molecule has 5 N–H and O–H groups in total. The summed E-state index contributed by atoms with van der Waals surface area (Å²) in [6.07, 6.45) is 9.43. The van der Waals surface area contributed by atoms with Gasteiger partial charge in [-0.1, -0.05) is 101 Å². The van der Waals surface area contributed by atoms with Crippen molar-refractivity contribution < 1.29 is 28.5 Å². The first kappa shape index (κ1) is 52.0. The predicted molar refractivity (Wildman–Crippen MR) is 263 cm³/mol. The Labute approximate surface area is 399 Å². The number of anilines is 4. The first-order valence-electron chi connectivity index (χ1n) is 22.6. The molecule has 2 aliphatic heterocycles. The van der Waals surface area contributed by atoms with Gasteiger partial charge in [-0.3, -0.25) is 9.59 Å². The van der Waals surface area contributed by atoms with Crippen molar-refractivity contribution in [3.63, 3.8) is 0 Å². The Hall–Kier alpha value is -6.98. The molecule has 0 spiro atoms. The van der Waals surface area contributed by atoms with Gasteiger partial charge in [0.25, 0.3) is 0 Å². The number of nitrogens with zero attached hydrogens (tertiary/aromatic N) is 10. The van der Waals surface area contributed by atoms with Gasteiger partial charge in [0.15, 0.2) is 11.6 Å². The van der Waals surface area contributed by atoms with Crippen LogP contribution in [0.4, 0.5) is 23.9 Å². The van der Waals surface area contributed by atoms with E-state index in [0.29, 0.717) is 82.1 Å². The van der Waals surface area contributed by atoms with Gasteiger partial charge in [-0.05, 0) is 80.5 Å². The van der Waals surface area contributed by atoms with Crippen LogP contribution in [-0.2, 0) is 25.2 Å². The van der Waals surface area contributed by atoms with Gasteiger partial charge in [-0.25, -0.2) is 19.9 Å². The number of piperidine rings is 2. The molecule has 0 radical (unpaired) electrons. The monoisotopic (exact) mass is 933 g/mol. The van der Waals surface area contributed by atoms with E-state index in [4.69, 9.17) is 35.2 Å². The number of nitrogen functional groups attached to an aromatic ring is 2. The highest BCUT2D eigenvalue weighted by molar-refractivity contribution is 5.73. The Kier molecular flexibility index (Phi) is 17.0. The number of esters is 1. The van der Waals surface area contributed by atoms with Gasteiger partial charge < -0.3 is 40.2 Å². The minimum absolute atomic E-state index is 0. The molecule has 2 aliphatic rings. The Balaban J connectivity index is 0.000000247. The number of nitrogens with two attached hydrogens (primary N) is 2. The second-order valence-corrected chi connectivity index (χ2v) is 17.9. The Bertz CT molecular complexity index is 2530. The molecule has 2 atom stereocenters. The Morgan fingerprint density at radius 1 is 0.647 bits per heavy atom. The van der Waals surface area contributed by atoms with E-state index >= 15 is 0 Å². The van der Waals surface area contributed by atoms with Gasteiger partial charge in [0.05, 0.1) is 29.3 Å². The van der Waals surface area contributed by atoms with Crippen molar-refractivity contribution in [1.29, 1.82) is 0 Å². The summed E-state index contributed by atoms with van der Waals surface area (Å²) in [5.41, 5.74) is 16.2. The summed E-state index contributed by atoms with van der Waals surface area (Å²) in [6.45, 7) is 17.6. The van der Waals surface area contributed by atoms with E-state index in [9.17, 15) is 14.7 Å². The third-order valence-corrected chi connectivity index (χ3v) is 13.5. The van der Waals surface area contributed by atoms with Crippen molar-refractivity contribution >= 4 is 35.9 Å². The molecular formula is C50H68N12O6. The molecule has 0 bridgehead atoms. The van der Waals surface area contributed by atoms with Gasteiger partial charge >= 0.3 is 24.0 Å². The molecule has 364 valence electrons. The molecule has 2 saturated heterocycles. The fraction of sp³-hybridized carbons (Fsp3) is 0.480. The van der Waals surface area contributed by atoms with Crippen LogP contribution in [0.3, 0.4) is 0 Å². The SMILES string of the molecule is C.C.CC(C)C(C)(c1ccc(-c2cnc(N)nc2)cc1)c1noc(N2CCC(C(=O)O)CC2)n1.CCOC(=O)C1CCN(c2nc(C(C)(c3ccc(-c4cnc(N)nc4)cc3)C(C)C)no2)CC1. The van der Waals surface area contributed by atoms with Crippen LogP contribution in [0.15, 0.2) is 82.4 Å². The highest BCUT2D eigenvalue weighted by atomic mass is 16.5. The molecule has 4 aromatic heterocycles. The average Bonchev–Trinajstić information content (AvgIpc) is 4.04. The van der Waals surface area contributed by atoms with Gasteiger partial charge in [0, 0.05) is 62.1 Å². The third-order valence-electron chi connectivity index (χ3n) is 13.5. The maximum absolute atomic E-state index is 12.0. The molecule has 8 rings (SSSR count). The molecule has 0 aliphatic carbocycles. The quantitative estimate of drug-likeness (QED) is 0.0918. The zero-order valence-corrected chi connectivity index (χ0v) is 38.7. The van der Waals surface area contributed by atoms with Crippen LogP contribution in [0.2, 0.25) is 0 Å². The molecule has 2 unspecified atom stereocenters. The van der Waals surface area contributed by atoms with Crippen LogP contribution < -0.4 is 21.3 Å². The van der Waals surface area contributed by atoms with Crippen LogP contribution >= 0.6 is 0 Å². The van der Waals surface area contributed by atoms with E-state index in [2.05, 4.69) is 101 Å². The summed E-state index contributed by atoms with van der Waals surface area (Å²) in [5, 5.41) is 17.9. The summed E-state index contributed by atoms with van der Waals surface area (Å²) in [6, 6.07) is 17.4. The molecule has 18 heteroatoms. The lowest BCUT2D eigenvalue weighted by molar-refractivity contribution is -0.148. The summed E-state index contributed by atoms with van der Waals surface area (Å²) in [4.78, 5) is 53.1. The topological polar surface area (TPSA) is 252 Å². The third kappa shape index (κ3) is 11.1. The highest BCUT2D eigenvalue weighted by Crippen LogP contribution is 2.41. The molecular weight excluding hydrogens is 865 g/mol. The smallest absolute Gasteiger partial charge is 0.324 e. The minimum atomic E-state index is -0.739. The number of hydrogen-bond acceptors (Lipinski definition) is 17. The fourth-order valence-corrected chi connectivity index (χ4v) is 8.43. The van der Waals surface area contributed by atoms with Crippen LogP contribution in [0.1, 0.15) is 112 Å². The van der Waals surface area contributed by atoms with Crippen LogP contribution in [0.25, 0.3) is 22.3 Å². The molecule has 6 heterocycles. The Morgan fingerprint density at radius 3 is 1.32 bits per heavy atom. The minimum Gasteiger partial charge on any atom is -0.481 e. The molecule has 6 aromatic rings. The molecule has 0 amide bonds. The zero-order valence-electron chi connectivity index (χ0n) is 38.7. The van der Waals surface area contributed by atoms with Gasteiger partial charge in [-0.15, -0.1) is 0 Å². The summed E-state index contributed by atoms with van der Waals surface area (Å²) < 4.78 is 16.5. The Morgan fingerprint density at radius 2 is 1.00 bits per heavy atom. The molecule has 68 heavy (non-hydrogen) atoms. The van der Waals surface area contributed by atoms with Crippen molar-refractivity contribution in [1.82, 2.24) is 40.2 Å². The molecule has 2 aromatic carbocycles. The number of carbonyl (C=O) groups is 2. The van der Waals surface area contributed by atoms with Crippen LogP contribution in [-0.4, -0.2) is 90.0 Å². The number of aliphatic carboxylic acids is 1. The number of aromatic nitrogens is 8. The number of ether oxygens (including phenoxy) is 1. The number of rotatable bonds is 13. The van der Waals surface area contributed by atoms with E-state index in [1.54, 1.807) is 24.8 Å². The first-order valence-corrected chi connectivity index (χ1v) is 22.6. The highest BCUT2D eigenvalue weighted by Gasteiger charge is 2.40. The largest absolute Gasteiger partial charge is 0.481 e. The normalized spacial score (nSPS) is 16.1. The first-order chi connectivity index (χ1) is 31.6. The van der Waals surface area contributed by atoms with Crippen molar-refractivity contribution in [3.05, 3.63) is 96.1 Å². The lowest BCUT2D eigenvalue weighted by atomic mass is 9.72. The standard InChI is InChI=1S/C25H32N6O3.C23H28N6O3.2CH4/c1-5-33-21(32)18-10-12-31(13-11-18)24-29-22(30-34-24)25(4,16(2)3)20-8-6-17(7-9-20)19-14-27-23(26)28-15-19;1-14(2)23(3,18-6-4-15(5-7-18)17-12-25-21(24)26-13-17)20-27-22(32-28-20)29-10-8-16(9-11-29)19(30)31;;/h6-9,14-16,18H,5,10-13H2,1-4H3,(H2,26,27,28);4-7,12-14,16H,8-11H2,1-3H3,(H,30,31)(H2,24,25,26);2*1H4. The van der Waals surface area contributed by atoms with E-state index in [1.165, 1.54) is 0 Å². The number of carbonyl (C=O) groups excluding carboxylic acids is 1. The summed E-state index contributed by atoms with van der Waals surface area (Å²) >= 11 is 0. The lowest BCUT2D eigenvalue weighted by Crippen LogP contribution is -2.37. The van der Waals surface area contributed by atoms with E-state index in [-0.39, 0.29) is 56.4 Å². The summed E-state index contributed by atoms with van der Waals surface area (Å²) in [7, 11) is 0. The zero-order chi connectivity index (χ0) is 47.2. The van der Waals surface area contributed by atoms with Gasteiger partial charge in [0.2, 0.25) is 11.9 Å². The molecule has 0 saturated carbocycles. The van der Waals surface area contributed by atoms with Crippen molar-refractivity contribution in [2.24, 2.45) is 23.7 Å². The predicted octanol–water partition coefficient (Wildman–Crippen LogP) is 8.49. The van der Waals surface area contributed by atoms with Gasteiger partial charge in [0.1, 0.15) is 0 Å². The lowest BCUT2D eigenvalue weighted by Gasteiger charge is -2.31. The fourth-order valence-electron chi connectivity index (χ4n) is 8.43. The van der Waals surface area contributed by atoms with E-state index in [0.717, 1.165) is 33.4 Å². The van der Waals surface area contributed by atoms with Crippen LogP contribution in [0.5, 0.6) is 0 Å². The van der Waals surface area contributed by atoms with Crippen molar-refractivity contribution in [3.8, 4) is 22.3 Å². The second kappa shape index (κ2) is 22.2. The molecule has 2 fully saturated rings. The number of carboxylic acid groups (broad SMARTS) is 1. The maximum Gasteiger partial charge on any atom is 0.324 e. The molecule has 18 nitrogen and oxygen atoms in total. The number of carboxylic acids is 1. The van der Waals surface area contributed by atoms with Crippen LogP contribution in [0, 0.1) is 23.7 Å². The maximum atomic E-state index is 12.0. The van der Waals surface area contributed by atoms with E-state index < -0.39 is 16.8 Å². The second-order valence-electron chi connectivity index (χ2n) is 17.9. The van der Waals surface area contributed by atoms with E-state index in [1.807, 2.05) is 36.1 Å². The van der Waals surface area contributed by atoms with Crippen molar-refractivity contribution in [2.75, 3.05) is 54.1 Å². The number of hydrogen-bond donors (Lipinski definition) is 3.